The lowest BCUT2D eigenvalue weighted by Gasteiger charge is -2.29. The molecule has 1 aliphatic rings. The first-order valence-corrected chi connectivity index (χ1v) is 9.14. The molecule has 0 fully saturated rings. The first-order valence-electron chi connectivity index (χ1n) is 8.38. The summed E-state index contributed by atoms with van der Waals surface area (Å²) in [6.45, 7) is 7.24. The van der Waals surface area contributed by atoms with Crippen molar-refractivity contribution in [3.05, 3.63) is 27.9 Å². The molecular weight excluding hydrogens is 389 g/mol. The molecule has 27 heavy (non-hydrogen) atoms. The van der Waals surface area contributed by atoms with Gasteiger partial charge in [-0.05, 0) is 32.4 Å². The van der Waals surface area contributed by atoms with Crippen LogP contribution in [0.5, 0.6) is 5.75 Å². The van der Waals surface area contributed by atoms with Crippen molar-refractivity contribution >= 4 is 46.8 Å². The highest BCUT2D eigenvalue weighted by Crippen LogP contribution is 2.39. The summed E-state index contributed by atoms with van der Waals surface area (Å²) in [7, 11) is 0. The van der Waals surface area contributed by atoms with Gasteiger partial charge in [-0.15, -0.1) is 6.42 Å². The maximum atomic E-state index is 12.0. The van der Waals surface area contributed by atoms with E-state index in [4.69, 9.17) is 34.4 Å². The molecule has 8 heteroatoms. The van der Waals surface area contributed by atoms with Crippen LogP contribution in [0, 0.1) is 12.3 Å². The topological polar surface area (TPSA) is 70.7 Å². The zero-order valence-corrected chi connectivity index (χ0v) is 17.1. The number of carbonyl (C=O) groups excluding carboxylic acids is 2. The summed E-state index contributed by atoms with van der Waals surface area (Å²) in [5.74, 6) is 2.84. The highest BCUT2D eigenvalue weighted by Gasteiger charge is 2.26. The smallest absolute Gasteiger partial charge is 0.265 e. The normalized spacial score (nSPS) is 13.2. The van der Waals surface area contributed by atoms with Crippen LogP contribution >= 0.6 is 23.2 Å². The average molecular weight is 412 g/mol. The van der Waals surface area contributed by atoms with Gasteiger partial charge in [0.25, 0.3) is 5.91 Å². The summed E-state index contributed by atoms with van der Waals surface area (Å²) < 4.78 is 5.43. The van der Waals surface area contributed by atoms with Crippen LogP contribution in [0.4, 0.5) is 5.69 Å². The van der Waals surface area contributed by atoms with Crippen molar-refractivity contribution < 1.29 is 14.3 Å². The molecule has 0 aliphatic carbocycles. The SMILES string of the molecule is C#CCN1C(=O)COc2cc(Cl)c(/C(C)=C(\Cl)NCC)cc21.CCNC=O. The van der Waals surface area contributed by atoms with Crippen molar-refractivity contribution in [2.24, 2.45) is 0 Å². The molecule has 0 unspecified atom stereocenters. The number of halogens is 2. The lowest BCUT2D eigenvalue weighted by atomic mass is 10.1. The molecular formula is C19H23Cl2N3O3. The largest absolute Gasteiger partial charge is 0.482 e. The Balaban J connectivity index is 0.000000646. The third kappa shape index (κ3) is 6.09. The van der Waals surface area contributed by atoms with Gasteiger partial charge in [-0.2, -0.15) is 0 Å². The number of nitrogens with one attached hydrogen (secondary N) is 2. The van der Waals surface area contributed by atoms with Gasteiger partial charge in [0, 0.05) is 24.7 Å². The molecule has 0 radical (unpaired) electrons. The van der Waals surface area contributed by atoms with Gasteiger partial charge in [0.2, 0.25) is 6.41 Å². The summed E-state index contributed by atoms with van der Waals surface area (Å²) in [5.41, 5.74) is 2.12. The molecule has 1 aliphatic heterocycles. The van der Waals surface area contributed by atoms with Gasteiger partial charge >= 0.3 is 0 Å². The van der Waals surface area contributed by atoms with E-state index in [2.05, 4.69) is 16.6 Å². The van der Waals surface area contributed by atoms with Gasteiger partial charge in [-0.1, -0.05) is 29.1 Å². The number of fused-ring (bicyclic) bond motifs is 1. The van der Waals surface area contributed by atoms with E-state index in [1.807, 2.05) is 20.8 Å². The Labute approximate surface area is 169 Å². The second-order valence-electron chi connectivity index (χ2n) is 5.42. The first-order chi connectivity index (χ1) is 12.9. The summed E-state index contributed by atoms with van der Waals surface area (Å²) >= 11 is 12.5. The fraction of sp³-hybridized carbons (Fsp3) is 0.368. The highest BCUT2D eigenvalue weighted by atomic mass is 35.5. The monoisotopic (exact) mass is 411 g/mol. The summed E-state index contributed by atoms with van der Waals surface area (Å²) in [4.78, 5) is 22.8. The molecule has 2 amide bonds. The molecule has 0 atom stereocenters. The number of ether oxygens (including phenoxy) is 1. The Kier molecular flexibility index (Phi) is 9.55. The molecule has 146 valence electrons. The number of nitrogens with zero attached hydrogens (tertiary/aromatic N) is 1. The second-order valence-corrected chi connectivity index (χ2v) is 6.20. The van der Waals surface area contributed by atoms with Crippen LogP contribution in [-0.4, -0.2) is 38.6 Å². The molecule has 1 heterocycles. The molecule has 0 aromatic heterocycles. The van der Waals surface area contributed by atoms with E-state index in [0.717, 1.165) is 17.7 Å². The van der Waals surface area contributed by atoms with E-state index < -0.39 is 0 Å². The number of rotatable bonds is 6. The van der Waals surface area contributed by atoms with Crippen LogP contribution in [0.2, 0.25) is 5.02 Å². The molecule has 0 saturated heterocycles. The number of hydrogen-bond donors (Lipinski definition) is 2. The maximum absolute atomic E-state index is 12.0. The van der Waals surface area contributed by atoms with E-state index in [-0.39, 0.29) is 19.1 Å². The minimum atomic E-state index is -0.182. The number of allylic oxidation sites excluding steroid dienone is 1. The van der Waals surface area contributed by atoms with Crippen molar-refractivity contribution in [1.82, 2.24) is 10.6 Å². The molecule has 2 rings (SSSR count). The van der Waals surface area contributed by atoms with Crippen LogP contribution in [0.3, 0.4) is 0 Å². The van der Waals surface area contributed by atoms with Crippen LogP contribution in [-0.2, 0) is 9.59 Å². The number of terminal acetylenes is 1. The van der Waals surface area contributed by atoms with Crippen LogP contribution in [0.1, 0.15) is 26.3 Å². The zero-order valence-electron chi connectivity index (χ0n) is 15.6. The van der Waals surface area contributed by atoms with Gasteiger partial charge < -0.3 is 15.4 Å². The molecule has 0 spiro atoms. The first kappa shape index (κ1) is 22.7. The van der Waals surface area contributed by atoms with Crippen molar-refractivity contribution in [3.8, 4) is 18.1 Å². The number of benzene rings is 1. The summed E-state index contributed by atoms with van der Waals surface area (Å²) in [5, 5.41) is 6.48. The van der Waals surface area contributed by atoms with Gasteiger partial charge in [-0.25, -0.2) is 0 Å². The van der Waals surface area contributed by atoms with E-state index in [0.29, 0.717) is 34.6 Å². The Hall–Kier alpha value is -2.36. The average Bonchev–Trinajstić information content (AvgIpc) is 2.64. The maximum Gasteiger partial charge on any atom is 0.265 e. The van der Waals surface area contributed by atoms with Crippen LogP contribution in [0.15, 0.2) is 17.3 Å². The third-order valence-electron chi connectivity index (χ3n) is 3.59. The predicted molar refractivity (Wildman–Crippen MR) is 110 cm³/mol. The molecule has 0 bridgehead atoms. The quantitative estimate of drug-likeness (QED) is 0.428. The molecule has 2 N–H and O–H groups in total. The Morgan fingerprint density at radius 1 is 1.41 bits per heavy atom. The Morgan fingerprint density at radius 3 is 2.63 bits per heavy atom. The zero-order chi connectivity index (χ0) is 20.4. The van der Waals surface area contributed by atoms with Gasteiger partial charge in [-0.3, -0.25) is 14.5 Å². The molecule has 1 aromatic carbocycles. The molecule has 1 aromatic rings. The second kappa shape index (κ2) is 11.4. The predicted octanol–water partition coefficient (Wildman–Crippen LogP) is 2.99. The van der Waals surface area contributed by atoms with Crippen molar-refractivity contribution in [2.45, 2.75) is 20.8 Å². The van der Waals surface area contributed by atoms with E-state index in [9.17, 15) is 9.59 Å². The third-order valence-corrected chi connectivity index (χ3v) is 4.32. The van der Waals surface area contributed by atoms with Crippen LogP contribution in [0.25, 0.3) is 5.57 Å². The Morgan fingerprint density at radius 2 is 2.11 bits per heavy atom. The lowest BCUT2D eigenvalue weighted by molar-refractivity contribution is -0.121. The molecule has 6 nitrogen and oxygen atoms in total. The van der Waals surface area contributed by atoms with Crippen molar-refractivity contribution in [2.75, 3.05) is 31.1 Å². The summed E-state index contributed by atoms with van der Waals surface area (Å²) in [6, 6.07) is 3.46. The summed E-state index contributed by atoms with van der Waals surface area (Å²) in [6.07, 6.45) is 6.02. The van der Waals surface area contributed by atoms with E-state index in [1.165, 1.54) is 4.90 Å². The van der Waals surface area contributed by atoms with Crippen molar-refractivity contribution in [3.63, 3.8) is 0 Å². The number of carbonyl (C=O) groups is 2. The fourth-order valence-electron chi connectivity index (χ4n) is 2.26. The van der Waals surface area contributed by atoms with E-state index in [1.54, 1.807) is 12.1 Å². The van der Waals surface area contributed by atoms with Gasteiger partial charge in [0.1, 0.15) is 10.9 Å². The van der Waals surface area contributed by atoms with E-state index >= 15 is 0 Å². The van der Waals surface area contributed by atoms with Gasteiger partial charge in [0.15, 0.2) is 6.61 Å². The molecule has 0 saturated carbocycles. The minimum Gasteiger partial charge on any atom is -0.482 e. The fourth-order valence-corrected chi connectivity index (χ4v) is 2.79. The number of hydrogen-bond acceptors (Lipinski definition) is 4. The number of anilines is 1. The minimum absolute atomic E-state index is 0.0443. The van der Waals surface area contributed by atoms with Crippen molar-refractivity contribution in [1.29, 1.82) is 0 Å². The Bertz CT molecular complexity index is 757. The highest BCUT2D eigenvalue weighted by molar-refractivity contribution is 6.35. The standard InChI is InChI=1S/C16H16Cl2N2O2.C3H7NO/c1-4-6-20-13-7-11(10(3)16(18)19-5-2)12(17)8-14(13)22-9-15(20)21;1-2-4-3-5/h1,7-8,19H,5-6,9H2,2-3H3;3H,2H2,1H3,(H,4,5)/b16-10+;. The lowest BCUT2D eigenvalue weighted by Crippen LogP contribution is -2.39. The van der Waals surface area contributed by atoms with Gasteiger partial charge in [0.05, 0.1) is 17.3 Å². The van der Waals surface area contributed by atoms with Crippen LogP contribution < -0.4 is 20.3 Å². The number of amides is 2.